The van der Waals surface area contributed by atoms with E-state index in [2.05, 4.69) is 9.05 Å². The van der Waals surface area contributed by atoms with Gasteiger partial charge in [0.15, 0.2) is 0 Å². The first-order valence-corrected chi connectivity index (χ1v) is 4.68. The molecule has 0 heterocycles. The van der Waals surface area contributed by atoms with Crippen LogP contribution in [-0.2, 0) is 13.6 Å². The van der Waals surface area contributed by atoms with Crippen LogP contribution in [0, 0.1) is 0 Å². The Kier molecular flexibility index (Phi) is 10.3. The van der Waals surface area contributed by atoms with Gasteiger partial charge in [-0.25, -0.2) is 0 Å². The van der Waals surface area contributed by atoms with Gasteiger partial charge in [-0.3, -0.25) is 4.57 Å². The predicted molar refractivity (Wildman–Crippen MR) is 35.5 cm³/mol. The van der Waals surface area contributed by atoms with Crippen molar-refractivity contribution in [1.29, 1.82) is 0 Å². The van der Waals surface area contributed by atoms with E-state index in [-0.39, 0.29) is 42.8 Å². The van der Waals surface area contributed by atoms with Crippen molar-refractivity contribution < 1.29 is 48.1 Å². The zero-order chi connectivity index (χ0) is 8.04. The molecule has 0 rings (SSSR count). The Bertz CT molecular complexity index is 130. The van der Waals surface area contributed by atoms with Gasteiger partial charge in [0.1, 0.15) is 0 Å². The minimum Gasteiger partial charge on any atom is -0.756 e. The molecule has 1 atom stereocenters. The summed E-state index contributed by atoms with van der Waals surface area (Å²) >= 11 is 0. The molecule has 0 saturated heterocycles. The molecule has 0 aromatic rings. The van der Waals surface area contributed by atoms with E-state index in [0.717, 1.165) is 0 Å². The Morgan fingerprint density at radius 2 is 1.91 bits per heavy atom. The van der Waals surface area contributed by atoms with Crippen LogP contribution in [0.5, 0.6) is 0 Å². The fourth-order valence-corrected chi connectivity index (χ4v) is 1.20. The van der Waals surface area contributed by atoms with E-state index in [1.165, 1.54) is 0 Å². The maximum absolute atomic E-state index is 10.6. The number of hydrogen-bond donors (Lipinski definition) is 0. The molecule has 0 N–H and O–H groups in total. The van der Waals surface area contributed by atoms with Crippen molar-refractivity contribution in [2.75, 3.05) is 13.2 Å². The van der Waals surface area contributed by atoms with Crippen LogP contribution in [0.25, 0.3) is 0 Å². The standard InChI is InChI=1S/C5H13O4P.Na/c1-3-5-9-10(6,7)8-4-2;/h3-5H2,1-2H3,(H,6,7);/q;+1/p-1. The van der Waals surface area contributed by atoms with E-state index >= 15 is 0 Å². The van der Waals surface area contributed by atoms with Crippen LogP contribution in [0.3, 0.4) is 0 Å². The molecular weight excluding hydrogens is 178 g/mol. The van der Waals surface area contributed by atoms with Crippen LogP contribution in [0.1, 0.15) is 20.3 Å². The minimum atomic E-state index is -3.96. The third-order valence-electron chi connectivity index (χ3n) is 0.741. The predicted octanol–water partition coefficient (Wildman–Crippen LogP) is -2.08. The summed E-state index contributed by atoms with van der Waals surface area (Å²) in [5.74, 6) is 0. The molecule has 0 aromatic heterocycles. The number of phosphoric ester groups is 1. The molecular formula is C5H12NaO4P. The summed E-state index contributed by atoms with van der Waals surface area (Å²) < 4.78 is 19.3. The average Bonchev–Trinajstić information content (AvgIpc) is 1.84. The molecule has 1 unspecified atom stereocenters. The average molecular weight is 190 g/mol. The zero-order valence-electron chi connectivity index (χ0n) is 7.20. The van der Waals surface area contributed by atoms with Gasteiger partial charge in [-0.05, 0) is 13.3 Å². The normalized spacial score (nSPS) is 15.2. The van der Waals surface area contributed by atoms with Gasteiger partial charge in [0.25, 0.3) is 7.82 Å². The first-order valence-electron chi connectivity index (χ1n) is 3.22. The smallest absolute Gasteiger partial charge is 0.756 e. The summed E-state index contributed by atoms with van der Waals surface area (Å²) in [6.07, 6.45) is 0.666. The number of phosphoric acid groups is 1. The van der Waals surface area contributed by atoms with Crippen molar-refractivity contribution in [3.8, 4) is 0 Å². The molecule has 11 heavy (non-hydrogen) atoms. The van der Waals surface area contributed by atoms with Gasteiger partial charge >= 0.3 is 29.6 Å². The molecule has 0 radical (unpaired) electrons. The number of rotatable bonds is 5. The SMILES string of the molecule is CCCOP(=O)([O-])OCC.[Na+]. The monoisotopic (exact) mass is 190 g/mol. The second kappa shape index (κ2) is 7.74. The van der Waals surface area contributed by atoms with Crippen LogP contribution < -0.4 is 34.5 Å². The maximum Gasteiger partial charge on any atom is 1.00 e. The molecule has 0 aliphatic carbocycles. The van der Waals surface area contributed by atoms with Crippen LogP contribution in [-0.4, -0.2) is 13.2 Å². The van der Waals surface area contributed by atoms with Crippen molar-refractivity contribution in [3.05, 3.63) is 0 Å². The van der Waals surface area contributed by atoms with Crippen molar-refractivity contribution in [2.45, 2.75) is 20.3 Å². The topological polar surface area (TPSA) is 58.6 Å². The van der Waals surface area contributed by atoms with Crippen LogP contribution in [0.2, 0.25) is 0 Å². The van der Waals surface area contributed by atoms with Crippen LogP contribution >= 0.6 is 7.82 Å². The van der Waals surface area contributed by atoms with E-state index in [0.29, 0.717) is 6.42 Å². The van der Waals surface area contributed by atoms with Crippen LogP contribution in [0.4, 0.5) is 0 Å². The minimum absolute atomic E-state index is 0. The summed E-state index contributed by atoms with van der Waals surface area (Å²) in [6.45, 7) is 3.75. The van der Waals surface area contributed by atoms with Gasteiger partial charge in [0.05, 0.1) is 13.2 Å². The molecule has 0 aromatic carbocycles. The van der Waals surface area contributed by atoms with Crippen molar-refractivity contribution in [2.24, 2.45) is 0 Å². The van der Waals surface area contributed by atoms with Crippen LogP contribution in [0.15, 0.2) is 0 Å². The van der Waals surface area contributed by atoms with Gasteiger partial charge in [0, 0.05) is 0 Å². The van der Waals surface area contributed by atoms with Crippen molar-refractivity contribution in [3.63, 3.8) is 0 Å². The summed E-state index contributed by atoms with van der Waals surface area (Å²) in [6, 6.07) is 0. The molecule has 0 aliphatic heterocycles. The Morgan fingerprint density at radius 1 is 1.36 bits per heavy atom. The second-order valence-electron chi connectivity index (χ2n) is 1.70. The third kappa shape index (κ3) is 9.02. The maximum atomic E-state index is 10.6. The van der Waals surface area contributed by atoms with Gasteiger partial charge in [0.2, 0.25) is 0 Å². The zero-order valence-corrected chi connectivity index (χ0v) is 10.1. The quantitative estimate of drug-likeness (QED) is 0.369. The third-order valence-corrected chi connectivity index (χ3v) is 1.81. The van der Waals surface area contributed by atoms with E-state index in [4.69, 9.17) is 0 Å². The summed E-state index contributed by atoms with van der Waals surface area (Å²) in [7, 11) is -3.96. The molecule has 6 heteroatoms. The first-order chi connectivity index (χ1) is 4.62. The molecule has 0 bridgehead atoms. The molecule has 0 fully saturated rings. The van der Waals surface area contributed by atoms with Gasteiger partial charge in [-0.1, -0.05) is 6.92 Å². The molecule has 4 nitrogen and oxygen atoms in total. The number of hydrogen-bond acceptors (Lipinski definition) is 4. The van der Waals surface area contributed by atoms with Gasteiger partial charge in [-0.15, -0.1) is 0 Å². The molecule has 62 valence electrons. The van der Waals surface area contributed by atoms with Crippen molar-refractivity contribution in [1.82, 2.24) is 0 Å². The summed E-state index contributed by atoms with van der Waals surface area (Å²) in [5.41, 5.74) is 0. The fourth-order valence-electron chi connectivity index (χ4n) is 0.398. The van der Waals surface area contributed by atoms with Gasteiger partial charge < -0.3 is 13.9 Å². The van der Waals surface area contributed by atoms with E-state index < -0.39 is 7.82 Å². The van der Waals surface area contributed by atoms with E-state index in [9.17, 15) is 9.46 Å². The van der Waals surface area contributed by atoms with Gasteiger partial charge in [-0.2, -0.15) is 0 Å². The summed E-state index contributed by atoms with van der Waals surface area (Å²) in [4.78, 5) is 10.6. The Balaban J connectivity index is 0. The fraction of sp³-hybridized carbons (Fsp3) is 1.00. The van der Waals surface area contributed by atoms with E-state index in [1.807, 2.05) is 6.92 Å². The molecule has 0 saturated carbocycles. The molecule has 0 spiro atoms. The largest absolute Gasteiger partial charge is 1.00 e. The van der Waals surface area contributed by atoms with E-state index in [1.54, 1.807) is 6.92 Å². The second-order valence-corrected chi connectivity index (χ2v) is 3.11. The Labute approximate surface area is 89.2 Å². The Hall–Kier alpha value is 1.11. The Morgan fingerprint density at radius 3 is 2.27 bits per heavy atom. The first kappa shape index (κ1) is 14.6. The van der Waals surface area contributed by atoms with Crippen molar-refractivity contribution >= 4 is 7.82 Å². The molecule has 0 aliphatic rings. The molecule has 0 amide bonds. The summed E-state index contributed by atoms with van der Waals surface area (Å²) in [5, 5.41) is 0.